The average molecular weight is 394 g/mol. The second kappa shape index (κ2) is 8.35. The molecule has 2 aliphatic rings. The smallest absolute Gasteiger partial charge is 0.234 e. The van der Waals surface area contributed by atoms with Crippen LogP contribution in [-0.2, 0) is 19.4 Å². The second-order valence-corrected chi connectivity index (χ2v) is 9.65. The molecule has 3 heterocycles. The van der Waals surface area contributed by atoms with Gasteiger partial charge in [-0.2, -0.15) is 0 Å². The molecule has 1 atom stereocenters. The summed E-state index contributed by atoms with van der Waals surface area (Å²) in [5.74, 6) is 0.472. The number of anilines is 1. The maximum absolute atomic E-state index is 12.4. The number of piperidine rings is 1. The van der Waals surface area contributed by atoms with E-state index in [-0.39, 0.29) is 41.8 Å². The van der Waals surface area contributed by atoms with Crippen LogP contribution in [-0.4, -0.2) is 67.3 Å². The topological polar surface area (TPSA) is 108 Å². The molecule has 9 heteroatoms. The summed E-state index contributed by atoms with van der Waals surface area (Å²) in [6.07, 6.45) is 3.52. The highest BCUT2D eigenvalue weighted by Gasteiger charge is 2.30. The van der Waals surface area contributed by atoms with Crippen molar-refractivity contribution in [1.82, 2.24) is 15.2 Å². The number of sulfone groups is 1. The van der Waals surface area contributed by atoms with E-state index in [9.17, 15) is 18.0 Å². The number of hydrogen-bond acceptors (Lipinski definition) is 6. The Morgan fingerprint density at radius 2 is 2.00 bits per heavy atom. The zero-order valence-corrected chi connectivity index (χ0v) is 16.3. The molecule has 2 saturated heterocycles. The van der Waals surface area contributed by atoms with Crippen LogP contribution in [0.2, 0.25) is 0 Å². The number of carbonyl (C=O) groups is 2. The number of rotatable bonds is 5. The lowest BCUT2D eigenvalue weighted by molar-refractivity contribution is -0.123. The van der Waals surface area contributed by atoms with Crippen molar-refractivity contribution in [2.75, 3.05) is 36.5 Å². The Hall–Kier alpha value is -2.00. The molecule has 27 heavy (non-hydrogen) atoms. The number of amides is 2. The van der Waals surface area contributed by atoms with Gasteiger partial charge in [-0.05, 0) is 57.0 Å². The number of carbonyl (C=O) groups excluding carboxylic acids is 2. The lowest BCUT2D eigenvalue weighted by Crippen LogP contribution is -2.46. The van der Waals surface area contributed by atoms with Gasteiger partial charge >= 0.3 is 0 Å². The largest absolute Gasteiger partial charge is 0.351 e. The van der Waals surface area contributed by atoms with E-state index in [4.69, 9.17) is 0 Å². The minimum atomic E-state index is -3.00. The molecule has 0 spiro atoms. The monoisotopic (exact) mass is 394 g/mol. The van der Waals surface area contributed by atoms with Crippen molar-refractivity contribution < 1.29 is 18.0 Å². The van der Waals surface area contributed by atoms with E-state index in [0.29, 0.717) is 38.2 Å². The SMILES string of the molecule is Cc1ccnc(NC(=O)C2CCN(CC(=O)N[C@H]3CCS(=O)(=O)C3)CC2)c1. The fraction of sp³-hybridized carbons (Fsp3) is 0.611. The molecule has 2 aliphatic heterocycles. The third-order valence-corrected chi connectivity index (χ3v) is 6.86. The third-order valence-electron chi connectivity index (χ3n) is 5.09. The van der Waals surface area contributed by atoms with Crippen molar-refractivity contribution >= 4 is 27.5 Å². The molecule has 0 aliphatic carbocycles. The quantitative estimate of drug-likeness (QED) is 0.746. The van der Waals surface area contributed by atoms with Gasteiger partial charge in [-0.15, -0.1) is 0 Å². The van der Waals surface area contributed by atoms with Gasteiger partial charge in [0.2, 0.25) is 11.8 Å². The molecule has 3 rings (SSSR count). The Balaban J connectivity index is 1.40. The van der Waals surface area contributed by atoms with Crippen molar-refractivity contribution in [3.05, 3.63) is 23.9 Å². The van der Waals surface area contributed by atoms with Gasteiger partial charge in [0.25, 0.3) is 0 Å². The van der Waals surface area contributed by atoms with Gasteiger partial charge < -0.3 is 10.6 Å². The van der Waals surface area contributed by atoms with Gasteiger partial charge in [0.15, 0.2) is 9.84 Å². The van der Waals surface area contributed by atoms with Crippen molar-refractivity contribution in [1.29, 1.82) is 0 Å². The lowest BCUT2D eigenvalue weighted by Gasteiger charge is -2.30. The molecule has 2 fully saturated rings. The van der Waals surface area contributed by atoms with Gasteiger partial charge in [0.1, 0.15) is 5.82 Å². The van der Waals surface area contributed by atoms with Crippen molar-refractivity contribution in [2.45, 2.75) is 32.2 Å². The minimum absolute atomic E-state index is 0.0339. The highest BCUT2D eigenvalue weighted by atomic mass is 32.2. The molecule has 0 radical (unpaired) electrons. The lowest BCUT2D eigenvalue weighted by atomic mass is 9.96. The Morgan fingerprint density at radius 1 is 1.26 bits per heavy atom. The van der Waals surface area contributed by atoms with Crippen LogP contribution in [0.3, 0.4) is 0 Å². The molecule has 0 bridgehead atoms. The third kappa shape index (κ3) is 5.74. The van der Waals surface area contributed by atoms with Crippen LogP contribution >= 0.6 is 0 Å². The van der Waals surface area contributed by atoms with Crippen LogP contribution in [0.5, 0.6) is 0 Å². The van der Waals surface area contributed by atoms with E-state index < -0.39 is 9.84 Å². The Labute approximate surface area is 159 Å². The van der Waals surface area contributed by atoms with E-state index in [0.717, 1.165) is 5.56 Å². The summed E-state index contributed by atoms with van der Waals surface area (Å²) in [4.78, 5) is 30.7. The zero-order chi connectivity index (χ0) is 19.4. The van der Waals surface area contributed by atoms with Crippen LogP contribution in [0.25, 0.3) is 0 Å². The average Bonchev–Trinajstić information content (AvgIpc) is 2.93. The Morgan fingerprint density at radius 3 is 2.63 bits per heavy atom. The van der Waals surface area contributed by atoms with E-state index in [2.05, 4.69) is 15.6 Å². The fourth-order valence-electron chi connectivity index (χ4n) is 3.57. The molecule has 2 N–H and O–H groups in total. The van der Waals surface area contributed by atoms with Crippen LogP contribution in [0, 0.1) is 12.8 Å². The summed E-state index contributed by atoms with van der Waals surface area (Å²) in [5.41, 5.74) is 1.04. The molecule has 8 nitrogen and oxygen atoms in total. The molecule has 0 saturated carbocycles. The van der Waals surface area contributed by atoms with Crippen molar-refractivity contribution in [3.8, 4) is 0 Å². The van der Waals surface area contributed by atoms with Crippen molar-refractivity contribution in [3.63, 3.8) is 0 Å². The summed E-state index contributed by atoms with van der Waals surface area (Å²) in [6, 6.07) is 3.44. The van der Waals surface area contributed by atoms with E-state index in [1.807, 2.05) is 24.0 Å². The van der Waals surface area contributed by atoms with Gasteiger partial charge in [0, 0.05) is 18.2 Å². The maximum atomic E-state index is 12.4. The molecular weight excluding hydrogens is 368 g/mol. The van der Waals surface area contributed by atoms with Gasteiger partial charge in [-0.3, -0.25) is 14.5 Å². The zero-order valence-electron chi connectivity index (χ0n) is 15.5. The number of hydrogen-bond donors (Lipinski definition) is 2. The predicted molar refractivity (Wildman–Crippen MR) is 102 cm³/mol. The van der Waals surface area contributed by atoms with Crippen LogP contribution in [0.4, 0.5) is 5.82 Å². The number of nitrogens with zero attached hydrogens (tertiary/aromatic N) is 2. The van der Waals surface area contributed by atoms with E-state index >= 15 is 0 Å². The summed E-state index contributed by atoms with van der Waals surface area (Å²) in [6.45, 7) is 3.51. The molecule has 148 valence electrons. The second-order valence-electron chi connectivity index (χ2n) is 7.43. The summed E-state index contributed by atoms with van der Waals surface area (Å²) >= 11 is 0. The molecule has 2 amide bonds. The van der Waals surface area contributed by atoms with Crippen LogP contribution in [0.1, 0.15) is 24.8 Å². The summed E-state index contributed by atoms with van der Waals surface area (Å²) < 4.78 is 22.9. The van der Waals surface area contributed by atoms with Gasteiger partial charge in [-0.1, -0.05) is 0 Å². The molecule has 0 aromatic carbocycles. The number of likely N-dealkylation sites (tertiary alicyclic amines) is 1. The maximum Gasteiger partial charge on any atom is 0.234 e. The van der Waals surface area contributed by atoms with Crippen LogP contribution < -0.4 is 10.6 Å². The number of nitrogens with one attached hydrogen (secondary N) is 2. The van der Waals surface area contributed by atoms with Gasteiger partial charge in [0.05, 0.1) is 18.1 Å². The molecule has 1 aromatic rings. The van der Waals surface area contributed by atoms with Gasteiger partial charge in [-0.25, -0.2) is 13.4 Å². The summed E-state index contributed by atoms with van der Waals surface area (Å²) in [5, 5.41) is 5.67. The highest BCUT2D eigenvalue weighted by molar-refractivity contribution is 7.91. The predicted octanol–water partition coefficient (Wildman–Crippen LogP) is 0.344. The standard InChI is InChI=1S/C18H26N4O4S/c1-13-2-6-19-16(10-13)21-18(24)14-3-7-22(8-4-14)11-17(23)20-15-5-9-27(25,26)12-15/h2,6,10,14-15H,3-5,7-9,11-12H2,1H3,(H,20,23)(H,19,21,24)/t15-/m0/s1. The normalized spacial score (nSPS) is 23.1. The first-order chi connectivity index (χ1) is 12.8. The minimum Gasteiger partial charge on any atom is -0.351 e. The highest BCUT2D eigenvalue weighted by Crippen LogP contribution is 2.19. The van der Waals surface area contributed by atoms with E-state index in [1.165, 1.54) is 0 Å². The first-order valence-corrected chi connectivity index (χ1v) is 11.1. The van der Waals surface area contributed by atoms with E-state index in [1.54, 1.807) is 6.20 Å². The number of pyridine rings is 1. The molecular formula is C18H26N4O4S. The fourth-order valence-corrected chi connectivity index (χ4v) is 5.24. The Kier molecular flexibility index (Phi) is 6.11. The first kappa shape index (κ1) is 19.8. The van der Waals surface area contributed by atoms with Crippen LogP contribution in [0.15, 0.2) is 18.3 Å². The number of aromatic nitrogens is 1. The Bertz CT molecular complexity index is 803. The summed E-state index contributed by atoms with van der Waals surface area (Å²) in [7, 11) is -3.00. The molecule has 0 unspecified atom stereocenters. The number of aryl methyl sites for hydroxylation is 1. The molecule has 1 aromatic heterocycles. The first-order valence-electron chi connectivity index (χ1n) is 9.26. The van der Waals surface area contributed by atoms with Crippen molar-refractivity contribution in [2.24, 2.45) is 5.92 Å².